The monoisotopic (exact) mass is 248 g/mol. The van der Waals surface area contributed by atoms with Crippen LogP contribution >= 0.6 is 0 Å². The molecule has 0 bridgehead atoms. The van der Waals surface area contributed by atoms with Crippen molar-refractivity contribution in [1.29, 1.82) is 0 Å². The van der Waals surface area contributed by atoms with Crippen LogP contribution in [0.3, 0.4) is 0 Å². The van der Waals surface area contributed by atoms with Crippen LogP contribution in [0.5, 0.6) is 0 Å². The highest BCUT2D eigenvalue weighted by molar-refractivity contribution is 5.19. The summed E-state index contributed by atoms with van der Waals surface area (Å²) in [5.41, 5.74) is 1.28. The molecule has 1 aromatic carbocycles. The van der Waals surface area contributed by atoms with E-state index in [0.29, 0.717) is 5.92 Å². The molecule has 0 heterocycles. The molecule has 1 aromatic rings. The molecule has 1 heteroatoms. The number of hydrogen-bond donors (Lipinski definition) is 1. The number of benzene rings is 1. The van der Waals surface area contributed by atoms with Crippen molar-refractivity contribution >= 4 is 0 Å². The number of rotatable bonds is 10. The summed E-state index contributed by atoms with van der Waals surface area (Å²) in [6.07, 6.45) is 10.5. The van der Waals surface area contributed by atoms with Crippen molar-refractivity contribution in [2.45, 2.75) is 64.2 Å². The molecular formula is C17H28O. The van der Waals surface area contributed by atoms with Crippen molar-refractivity contribution in [1.82, 2.24) is 0 Å². The van der Waals surface area contributed by atoms with E-state index in [4.69, 9.17) is 0 Å². The van der Waals surface area contributed by atoms with E-state index in [1.54, 1.807) is 0 Å². The van der Waals surface area contributed by atoms with Gasteiger partial charge in [-0.25, -0.2) is 0 Å². The maximum absolute atomic E-state index is 9.45. The van der Waals surface area contributed by atoms with Crippen LogP contribution in [0.2, 0.25) is 0 Å². The van der Waals surface area contributed by atoms with Gasteiger partial charge in [-0.3, -0.25) is 0 Å². The first-order valence-electron chi connectivity index (χ1n) is 7.54. The molecule has 102 valence electrons. The predicted molar refractivity (Wildman–Crippen MR) is 78.9 cm³/mol. The van der Waals surface area contributed by atoms with Gasteiger partial charge in [-0.15, -0.1) is 0 Å². The zero-order chi connectivity index (χ0) is 13.1. The molecule has 1 atom stereocenters. The van der Waals surface area contributed by atoms with E-state index >= 15 is 0 Å². The summed E-state index contributed by atoms with van der Waals surface area (Å²) in [5, 5.41) is 9.45. The Morgan fingerprint density at radius 2 is 1.50 bits per heavy atom. The first-order valence-corrected chi connectivity index (χ1v) is 7.54. The number of hydrogen-bond acceptors (Lipinski definition) is 1. The Balaban J connectivity index is 2.13. The number of aliphatic hydroxyl groups is 1. The molecule has 18 heavy (non-hydrogen) atoms. The average molecular weight is 248 g/mol. The molecule has 1 unspecified atom stereocenters. The van der Waals surface area contributed by atoms with Crippen LogP contribution in [0.1, 0.15) is 69.8 Å². The molecule has 0 fully saturated rings. The Labute approximate surface area is 112 Å². The van der Waals surface area contributed by atoms with E-state index in [0.717, 1.165) is 6.42 Å². The molecule has 0 aliphatic carbocycles. The van der Waals surface area contributed by atoms with Gasteiger partial charge in [0.15, 0.2) is 0 Å². The topological polar surface area (TPSA) is 20.2 Å². The predicted octanol–water partition coefficient (Wildman–Crippen LogP) is 4.90. The lowest BCUT2D eigenvalue weighted by Gasteiger charge is -2.14. The third-order valence-electron chi connectivity index (χ3n) is 3.65. The van der Waals surface area contributed by atoms with E-state index in [1.165, 1.54) is 50.5 Å². The fraction of sp³-hybridized carbons (Fsp3) is 0.647. The molecule has 1 N–H and O–H groups in total. The second-order valence-corrected chi connectivity index (χ2v) is 5.20. The minimum Gasteiger partial charge on any atom is -0.396 e. The molecule has 0 amide bonds. The van der Waals surface area contributed by atoms with Gasteiger partial charge in [0.1, 0.15) is 0 Å². The Kier molecular flexibility index (Phi) is 8.58. The van der Waals surface area contributed by atoms with Crippen LogP contribution in [-0.4, -0.2) is 11.7 Å². The van der Waals surface area contributed by atoms with Crippen molar-refractivity contribution in [3.8, 4) is 0 Å². The Morgan fingerprint density at radius 1 is 0.889 bits per heavy atom. The molecular weight excluding hydrogens is 220 g/mol. The van der Waals surface area contributed by atoms with E-state index in [9.17, 15) is 5.11 Å². The molecule has 0 aliphatic rings. The van der Waals surface area contributed by atoms with Crippen LogP contribution in [0, 0.1) is 0 Å². The smallest absolute Gasteiger partial charge is 0.0499 e. The third-order valence-corrected chi connectivity index (χ3v) is 3.65. The van der Waals surface area contributed by atoms with Gasteiger partial charge < -0.3 is 5.11 Å². The fourth-order valence-electron chi connectivity index (χ4n) is 2.44. The van der Waals surface area contributed by atoms with Crippen LogP contribution in [-0.2, 0) is 0 Å². The lowest BCUT2D eigenvalue weighted by atomic mass is 9.93. The van der Waals surface area contributed by atoms with Crippen LogP contribution in [0.4, 0.5) is 0 Å². The summed E-state index contributed by atoms with van der Waals surface area (Å²) >= 11 is 0. The first kappa shape index (κ1) is 15.2. The zero-order valence-electron chi connectivity index (χ0n) is 11.8. The van der Waals surface area contributed by atoms with Crippen molar-refractivity contribution in [2.24, 2.45) is 0 Å². The van der Waals surface area contributed by atoms with Gasteiger partial charge >= 0.3 is 0 Å². The van der Waals surface area contributed by atoms with Crippen molar-refractivity contribution in [3.05, 3.63) is 35.9 Å². The average Bonchev–Trinajstić information content (AvgIpc) is 2.43. The van der Waals surface area contributed by atoms with Crippen LogP contribution in [0.25, 0.3) is 0 Å². The Bertz CT molecular complexity index is 281. The van der Waals surface area contributed by atoms with Crippen molar-refractivity contribution in [2.75, 3.05) is 6.61 Å². The van der Waals surface area contributed by atoms with Gasteiger partial charge in [-0.1, -0.05) is 82.2 Å². The van der Waals surface area contributed by atoms with Crippen LogP contribution in [0.15, 0.2) is 30.3 Å². The normalized spacial score (nSPS) is 12.6. The number of aliphatic hydroxyl groups excluding tert-OH is 1. The number of unbranched alkanes of at least 4 members (excludes halogenated alkanes) is 6. The molecule has 0 spiro atoms. The Morgan fingerprint density at radius 3 is 2.11 bits per heavy atom. The summed E-state index contributed by atoms with van der Waals surface area (Å²) in [7, 11) is 0. The van der Waals surface area contributed by atoms with Gasteiger partial charge in [0.2, 0.25) is 0 Å². The minimum atomic E-state index is 0.278. The summed E-state index contributed by atoms with van der Waals surface area (Å²) in [5.74, 6) is 0.335. The summed E-state index contributed by atoms with van der Waals surface area (Å²) in [4.78, 5) is 0. The van der Waals surface area contributed by atoms with Crippen molar-refractivity contribution < 1.29 is 5.11 Å². The maximum Gasteiger partial charge on any atom is 0.0499 e. The first-order chi connectivity index (χ1) is 8.88. The molecule has 0 saturated carbocycles. The standard InChI is InChI=1S/C17H28O/c1-2-3-4-5-6-7-9-14-17(15-18)16-12-10-8-11-13-16/h8,10-13,17-18H,2-7,9,14-15H2,1H3. The molecule has 1 nitrogen and oxygen atoms in total. The second-order valence-electron chi connectivity index (χ2n) is 5.20. The maximum atomic E-state index is 9.45. The summed E-state index contributed by atoms with van der Waals surface area (Å²) in [6.45, 7) is 2.53. The zero-order valence-corrected chi connectivity index (χ0v) is 11.8. The van der Waals surface area contributed by atoms with Gasteiger partial charge in [-0.2, -0.15) is 0 Å². The lowest BCUT2D eigenvalue weighted by molar-refractivity contribution is 0.256. The lowest BCUT2D eigenvalue weighted by Crippen LogP contribution is -2.03. The highest BCUT2D eigenvalue weighted by Crippen LogP contribution is 2.22. The van der Waals surface area contributed by atoms with Crippen molar-refractivity contribution in [3.63, 3.8) is 0 Å². The van der Waals surface area contributed by atoms with Crippen LogP contribution < -0.4 is 0 Å². The van der Waals surface area contributed by atoms with Gasteiger partial charge in [-0.05, 0) is 12.0 Å². The summed E-state index contributed by atoms with van der Waals surface area (Å²) in [6, 6.07) is 10.4. The molecule has 0 radical (unpaired) electrons. The second kappa shape index (κ2) is 10.1. The van der Waals surface area contributed by atoms with Gasteiger partial charge in [0.25, 0.3) is 0 Å². The fourth-order valence-corrected chi connectivity index (χ4v) is 2.44. The van der Waals surface area contributed by atoms with E-state index < -0.39 is 0 Å². The molecule has 1 rings (SSSR count). The molecule has 0 aliphatic heterocycles. The van der Waals surface area contributed by atoms with Gasteiger partial charge in [0.05, 0.1) is 0 Å². The highest BCUT2D eigenvalue weighted by atomic mass is 16.3. The quantitative estimate of drug-likeness (QED) is 0.584. The summed E-state index contributed by atoms with van der Waals surface area (Å²) < 4.78 is 0. The molecule has 0 saturated heterocycles. The largest absolute Gasteiger partial charge is 0.396 e. The third kappa shape index (κ3) is 6.20. The minimum absolute atomic E-state index is 0.278. The van der Waals surface area contributed by atoms with E-state index in [-0.39, 0.29) is 6.61 Å². The van der Waals surface area contributed by atoms with E-state index in [1.807, 2.05) is 6.07 Å². The SMILES string of the molecule is CCCCCCCCCC(CO)c1ccccc1. The Hall–Kier alpha value is -0.820. The van der Waals surface area contributed by atoms with Gasteiger partial charge in [0, 0.05) is 12.5 Å². The highest BCUT2D eigenvalue weighted by Gasteiger charge is 2.08. The molecule has 0 aromatic heterocycles. The van der Waals surface area contributed by atoms with E-state index in [2.05, 4.69) is 31.2 Å².